The monoisotopic (exact) mass is 175 g/mol. The highest BCUT2D eigenvalue weighted by molar-refractivity contribution is 5.22. The number of hydrogen-bond acceptors (Lipinski definition) is 1. The average Bonchev–Trinajstić information content (AvgIpc) is 2.67. The van der Waals surface area contributed by atoms with Crippen molar-refractivity contribution in [3.63, 3.8) is 0 Å². The van der Waals surface area contributed by atoms with E-state index in [0.29, 0.717) is 0 Å². The van der Waals surface area contributed by atoms with Crippen LogP contribution in [0.1, 0.15) is 44.9 Å². The molecule has 0 spiro atoms. The van der Waals surface area contributed by atoms with Gasteiger partial charge in [0.15, 0.2) is 0 Å². The van der Waals surface area contributed by atoms with Crippen LogP contribution < -0.4 is 0 Å². The zero-order valence-electron chi connectivity index (χ0n) is 8.13. The van der Waals surface area contributed by atoms with Crippen molar-refractivity contribution in [2.75, 3.05) is 0 Å². The molecule has 1 nitrogen and oxygen atoms in total. The summed E-state index contributed by atoms with van der Waals surface area (Å²) in [5, 5.41) is 8.98. The average molecular weight is 175 g/mol. The Morgan fingerprint density at radius 1 is 1.15 bits per heavy atom. The van der Waals surface area contributed by atoms with Crippen LogP contribution in [0, 0.1) is 23.2 Å². The molecule has 13 heavy (non-hydrogen) atoms. The van der Waals surface area contributed by atoms with Crippen LogP contribution >= 0.6 is 0 Å². The number of allylic oxidation sites excluding steroid dienone is 2. The molecule has 1 unspecified atom stereocenters. The van der Waals surface area contributed by atoms with Crippen molar-refractivity contribution < 1.29 is 0 Å². The van der Waals surface area contributed by atoms with E-state index < -0.39 is 0 Å². The third-order valence-electron chi connectivity index (χ3n) is 3.47. The smallest absolute Gasteiger partial charge is 0.0700 e. The molecular weight excluding hydrogens is 158 g/mol. The van der Waals surface area contributed by atoms with Gasteiger partial charge in [-0.2, -0.15) is 5.26 Å². The topological polar surface area (TPSA) is 23.8 Å². The molecule has 0 aromatic carbocycles. The summed E-state index contributed by atoms with van der Waals surface area (Å²) in [4.78, 5) is 0. The van der Waals surface area contributed by atoms with Crippen molar-refractivity contribution in [3.05, 3.63) is 11.6 Å². The van der Waals surface area contributed by atoms with E-state index in [9.17, 15) is 0 Å². The lowest BCUT2D eigenvalue weighted by Crippen LogP contribution is -2.12. The van der Waals surface area contributed by atoms with Crippen LogP contribution in [0.15, 0.2) is 11.6 Å². The predicted octanol–water partition coefficient (Wildman–Crippen LogP) is 3.43. The standard InChI is InChI=1S/C12H17N/c13-9-11-7-4-8-12(11)10-5-2-1-3-6-10/h8,10-11H,1-7H2. The van der Waals surface area contributed by atoms with Crippen LogP contribution in [-0.2, 0) is 0 Å². The second kappa shape index (κ2) is 3.96. The first-order valence-electron chi connectivity index (χ1n) is 5.51. The van der Waals surface area contributed by atoms with Gasteiger partial charge in [0.25, 0.3) is 0 Å². The molecule has 1 atom stereocenters. The fraction of sp³-hybridized carbons (Fsp3) is 0.750. The van der Waals surface area contributed by atoms with Crippen LogP contribution in [0.3, 0.4) is 0 Å². The molecule has 0 aromatic rings. The van der Waals surface area contributed by atoms with Gasteiger partial charge in [0, 0.05) is 0 Å². The minimum Gasteiger partial charge on any atom is -0.198 e. The van der Waals surface area contributed by atoms with E-state index >= 15 is 0 Å². The maximum absolute atomic E-state index is 8.98. The summed E-state index contributed by atoms with van der Waals surface area (Å²) in [6.45, 7) is 0. The zero-order valence-corrected chi connectivity index (χ0v) is 8.13. The molecule has 0 saturated heterocycles. The third-order valence-corrected chi connectivity index (χ3v) is 3.47. The Labute approximate surface area is 80.4 Å². The van der Waals surface area contributed by atoms with E-state index in [1.165, 1.54) is 37.7 Å². The summed E-state index contributed by atoms with van der Waals surface area (Å²) in [5.74, 6) is 1.03. The molecule has 1 heteroatoms. The van der Waals surface area contributed by atoms with Gasteiger partial charge in [-0.05, 0) is 31.6 Å². The number of nitrogens with zero attached hydrogens (tertiary/aromatic N) is 1. The summed E-state index contributed by atoms with van der Waals surface area (Å²) in [7, 11) is 0. The van der Waals surface area contributed by atoms with Gasteiger partial charge in [0.1, 0.15) is 0 Å². The van der Waals surface area contributed by atoms with Crippen LogP contribution in [0.4, 0.5) is 0 Å². The van der Waals surface area contributed by atoms with Crippen molar-refractivity contribution in [2.45, 2.75) is 44.9 Å². The molecule has 2 aliphatic carbocycles. The molecule has 1 saturated carbocycles. The Bertz CT molecular complexity index is 240. The van der Waals surface area contributed by atoms with Crippen LogP contribution in [0.2, 0.25) is 0 Å². The molecule has 0 bridgehead atoms. The van der Waals surface area contributed by atoms with E-state index in [1.807, 2.05) is 0 Å². The van der Waals surface area contributed by atoms with Gasteiger partial charge in [0.2, 0.25) is 0 Å². The van der Waals surface area contributed by atoms with Gasteiger partial charge in [-0.25, -0.2) is 0 Å². The Morgan fingerprint density at radius 2 is 1.92 bits per heavy atom. The lowest BCUT2D eigenvalue weighted by molar-refractivity contribution is 0.388. The van der Waals surface area contributed by atoms with Gasteiger partial charge in [-0.3, -0.25) is 0 Å². The Kier molecular flexibility index (Phi) is 2.68. The minimum absolute atomic E-state index is 0.267. The summed E-state index contributed by atoms with van der Waals surface area (Å²) in [6, 6.07) is 2.44. The van der Waals surface area contributed by atoms with Crippen molar-refractivity contribution in [3.8, 4) is 6.07 Å². The van der Waals surface area contributed by atoms with Crippen LogP contribution in [0.25, 0.3) is 0 Å². The van der Waals surface area contributed by atoms with Crippen molar-refractivity contribution >= 4 is 0 Å². The van der Waals surface area contributed by atoms with E-state index in [1.54, 1.807) is 0 Å². The quantitative estimate of drug-likeness (QED) is 0.560. The summed E-state index contributed by atoms with van der Waals surface area (Å²) >= 11 is 0. The number of hydrogen-bond donors (Lipinski definition) is 0. The molecule has 0 amide bonds. The van der Waals surface area contributed by atoms with Gasteiger partial charge in [-0.15, -0.1) is 0 Å². The first kappa shape index (κ1) is 8.81. The van der Waals surface area contributed by atoms with Gasteiger partial charge in [-0.1, -0.05) is 30.9 Å². The summed E-state index contributed by atoms with van der Waals surface area (Å²) < 4.78 is 0. The highest BCUT2D eigenvalue weighted by atomic mass is 14.3. The van der Waals surface area contributed by atoms with E-state index in [-0.39, 0.29) is 5.92 Å². The highest BCUT2D eigenvalue weighted by Gasteiger charge is 2.26. The molecule has 0 aliphatic heterocycles. The molecule has 0 heterocycles. The fourth-order valence-corrected chi connectivity index (χ4v) is 2.75. The van der Waals surface area contributed by atoms with E-state index in [0.717, 1.165) is 18.8 Å². The molecule has 0 radical (unpaired) electrons. The SMILES string of the molecule is N#CC1CCC=C1C1CCCCC1. The Morgan fingerprint density at radius 3 is 2.62 bits per heavy atom. The van der Waals surface area contributed by atoms with Gasteiger partial charge >= 0.3 is 0 Å². The lowest BCUT2D eigenvalue weighted by Gasteiger charge is -2.24. The third kappa shape index (κ3) is 1.77. The second-order valence-electron chi connectivity index (χ2n) is 4.30. The lowest BCUT2D eigenvalue weighted by atomic mass is 9.80. The molecular formula is C12H17N. The zero-order chi connectivity index (χ0) is 9.10. The van der Waals surface area contributed by atoms with Crippen molar-refractivity contribution in [2.24, 2.45) is 11.8 Å². The van der Waals surface area contributed by atoms with Crippen molar-refractivity contribution in [1.82, 2.24) is 0 Å². The maximum atomic E-state index is 8.98. The summed E-state index contributed by atoms with van der Waals surface area (Å²) in [6.07, 6.45) is 11.4. The minimum atomic E-state index is 0.267. The van der Waals surface area contributed by atoms with E-state index in [2.05, 4.69) is 12.1 Å². The summed E-state index contributed by atoms with van der Waals surface area (Å²) in [5.41, 5.74) is 1.49. The number of rotatable bonds is 1. The highest BCUT2D eigenvalue weighted by Crippen LogP contribution is 2.38. The van der Waals surface area contributed by atoms with E-state index in [4.69, 9.17) is 5.26 Å². The molecule has 0 N–H and O–H groups in total. The molecule has 0 aromatic heterocycles. The molecule has 1 fully saturated rings. The maximum Gasteiger partial charge on any atom is 0.0700 e. The molecule has 70 valence electrons. The molecule has 2 rings (SSSR count). The second-order valence-corrected chi connectivity index (χ2v) is 4.30. The predicted molar refractivity (Wildman–Crippen MR) is 53.0 cm³/mol. The van der Waals surface area contributed by atoms with Gasteiger partial charge < -0.3 is 0 Å². The van der Waals surface area contributed by atoms with Crippen molar-refractivity contribution in [1.29, 1.82) is 5.26 Å². The number of nitriles is 1. The Hall–Kier alpha value is -0.770. The first-order chi connectivity index (χ1) is 6.42. The van der Waals surface area contributed by atoms with Crippen LogP contribution in [0.5, 0.6) is 0 Å². The normalized spacial score (nSPS) is 29.8. The largest absolute Gasteiger partial charge is 0.198 e. The van der Waals surface area contributed by atoms with Crippen LogP contribution in [-0.4, -0.2) is 0 Å². The molecule has 2 aliphatic rings. The fourth-order valence-electron chi connectivity index (χ4n) is 2.75. The first-order valence-corrected chi connectivity index (χ1v) is 5.51. The van der Waals surface area contributed by atoms with Gasteiger partial charge in [0.05, 0.1) is 12.0 Å². The Balaban J connectivity index is 2.02.